The molecule has 112 valence electrons. The van der Waals surface area contributed by atoms with E-state index < -0.39 is 10.8 Å². The van der Waals surface area contributed by atoms with Crippen molar-refractivity contribution in [3.8, 4) is 0 Å². The summed E-state index contributed by atoms with van der Waals surface area (Å²) in [6.07, 6.45) is 2.19. The maximum atomic E-state index is 13.0. The smallest absolute Gasteiger partial charge is 0.0576 e. The minimum absolute atomic E-state index is 0.229. The molecule has 0 saturated heterocycles. The van der Waals surface area contributed by atoms with E-state index >= 15 is 0 Å². The van der Waals surface area contributed by atoms with Crippen LogP contribution in [0.4, 0.5) is 0 Å². The lowest BCUT2D eigenvalue weighted by molar-refractivity contribution is 0.289. The molecule has 0 heterocycles. The average Bonchev–Trinajstić information content (AvgIpc) is 2.69. The van der Waals surface area contributed by atoms with Crippen LogP contribution < -0.4 is 5.32 Å². The van der Waals surface area contributed by atoms with Crippen molar-refractivity contribution in [1.29, 1.82) is 0 Å². The van der Waals surface area contributed by atoms with Crippen LogP contribution in [-0.4, -0.2) is 22.0 Å². The Kier molecular flexibility index (Phi) is 4.70. The Morgan fingerprint density at radius 2 is 2.00 bits per heavy atom. The van der Waals surface area contributed by atoms with Crippen molar-refractivity contribution in [2.75, 3.05) is 6.54 Å². The number of benzene rings is 1. The lowest BCUT2D eigenvalue weighted by Gasteiger charge is -2.31. The largest absolute Gasteiger partial charge is 0.313 e. The average molecular weight is 293 g/mol. The van der Waals surface area contributed by atoms with Gasteiger partial charge in [-0.3, -0.25) is 4.21 Å². The number of nitrogens with one attached hydrogen (secondary N) is 1. The van der Waals surface area contributed by atoms with E-state index in [-0.39, 0.29) is 10.7 Å². The molecular formula is C17H27NOS. The van der Waals surface area contributed by atoms with Crippen LogP contribution in [0.5, 0.6) is 0 Å². The maximum absolute atomic E-state index is 13.0. The van der Waals surface area contributed by atoms with Gasteiger partial charge < -0.3 is 5.32 Å². The molecule has 1 aromatic carbocycles. The highest BCUT2D eigenvalue weighted by atomic mass is 32.2. The summed E-state index contributed by atoms with van der Waals surface area (Å²) >= 11 is 0. The van der Waals surface area contributed by atoms with Gasteiger partial charge in [0.15, 0.2) is 0 Å². The van der Waals surface area contributed by atoms with Gasteiger partial charge in [-0.05, 0) is 61.9 Å². The summed E-state index contributed by atoms with van der Waals surface area (Å²) in [5.41, 5.74) is 2.73. The summed E-state index contributed by atoms with van der Waals surface area (Å²) in [5, 5.41) is 3.80. The molecule has 1 saturated carbocycles. The van der Waals surface area contributed by atoms with Gasteiger partial charge in [0.05, 0.1) is 16.0 Å². The topological polar surface area (TPSA) is 29.1 Å². The second-order valence-corrected chi connectivity index (χ2v) is 8.32. The Hall–Kier alpha value is -0.670. The third kappa shape index (κ3) is 2.99. The molecular weight excluding hydrogens is 266 g/mol. The molecule has 3 unspecified atom stereocenters. The Labute approximate surface area is 125 Å². The molecule has 0 spiro atoms. The Morgan fingerprint density at radius 1 is 1.30 bits per heavy atom. The summed E-state index contributed by atoms with van der Waals surface area (Å²) in [6, 6.07) is 6.56. The number of hydrogen-bond donors (Lipinski definition) is 1. The molecule has 2 nitrogen and oxygen atoms in total. The highest BCUT2D eigenvalue weighted by Crippen LogP contribution is 2.41. The highest BCUT2D eigenvalue weighted by molar-refractivity contribution is 7.85. The van der Waals surface area contributed by atoms with E-state index in [9.17, 15) is 4.21 Å². The Balaban J connectivity index is 2.25. The Morgan fingerprint density at radius 3 is 2.60 bits per heavy atom. The van der Waals surface area contributed by atoms with Gasteiger partial charge in [0.2, 0.25) is 0 Å². The van der Waals surface area contributed by atoms with Gasteiger partial charge in [0.25, 0.3) is 0 Å². The normalized spacial score (nSPS) is 26.6. The molecule has 0 radical (unpaired) electrons. The molecule has 0 aromatic heterocycles. The quantitative estimate of drug-likeness (QED) is 0.919. The molecule has 1 aliphatic carbocycles. The molecule has 1 aromatic rings. The molecule has 1 N–H and O–H groups in total. The minimum Gasteiger partial charge on any atom is -0.313 e. The van der Waals surface area contributed by atoms with Crippen molar-refractivity contribution < 1.29 is 4.21 Å². The zero-order chi connectivity index (χ0) is 14.9. The maximum Gasteiger partial charge on any atom is 0.0576 e. The molecule has 3 atom stereocenters. The zero-order valence-corrected chi connectivity index (χ0v) is 14.1. The minimum atomic E-state index is -0.918. The zero-order valence-electron chi connectivity index (χ0n) is 13.3. The van der Waals surface area contributed by atoms with Crippen molar-refractivity contribution in [1.82, 2.24) is 5.32 Å². The molecule has 1 fully saturated rings. The van der Waals surface area contributed by atoms with E-state index in [2.05, 4.69) is 52.1 Å². The van der Waals surface area contributed by atoms with Gasteiger partial charge in [-0.15, -0.1) is 0 Å². The van der Waals surface area contributed by atoms with Gasteiger partial charge in [-0.1, -0.05) is 26.8 Å². The number of rotatable bonds is 4. The lowest BCUT2D eigenvalue weighted by atomic mass is 9.87. The summed E-state index contributed by atoms with van der Waals surface area (Å²) in [6.45, 7) is 11.8. The first-order chi connectivity index (χ1) is 9.36. The van der Waals surface area contributed by atoms with Crippen LogP contribution in [0.3, 0.4) is 0 Å². The van der Waals surface area contributed by atoms with E-state index in [1.165, 1.54) is 11.1 Å². The van der Waals surface area contributed by atoms with E-state index in [1.807, 2.05) is 6.07 Å². The first-order valence-corrected chi connectivity index (χ1v) is 8.79. The van der Waals surface area contributed by atoms with Gasteiger partial charge in [0.1, 0.15) is 0 Å². The molecule has 20 heavy (non-hydrogen) atoms. The fourth-order valence-electron chi connectivity index (χ4n) is 3.21. The Bertz CT molecular complexity index is 510. The van der Waals surface area contributed by atoms with Crippen molar-refractivity contribution in [3.05, 3.63) is 29.3 Å². The summed E-state index contributed by atoms with van der Waals surface area (Å²) in [4.78, 5) is 0.985. The summed E-state index contributed by atoms with van der Waals surface area (Å²) < 4.78 is 13.0. The molecule has 0 aliphatic heterocycles. The molecule has 3 heteroatoms. The summed E-state index contributed by atoms with van der Waals surface area (Å²) in [7, 11) is -0.918. The van der Waals surface area contributed by atoms with Crippen LogP contribution in [0.15, 0.2) is 23.1 Å². The molecule has 1 aliphatic rings. The van der Waals surface area contributed by atoms with E-state index in [4.69, 9.17) is 0 Å². The summed E-state index contributed by atoms with van der Waals surface area (Å²) in [5.74, 6) is 0. The standard InChI is InChI=1S/C17H27NOS/c1-6-18-16-15(9-10-17(16,4)5)20(19)14-8-7-12(2)13(3)11-14/h7-8,11,15-16,18H,6,9-10H2,1-5H3. The molecule has 0 amide bonds. The van der Waals surface area contributed by atoms with Crippen molar-refractivity contribution in [2.24, 2.45) is 5.41 Å². The molecule has 2 rings (SSSR count). The molecule has 0 bridgehead atoms. The predicted molar refractivity (Wildman–Crippen MR) is 86.6 cm³/mol. The van der Waals surface area contributed by atoms with E-state index in [0.29, 0.717) is 6.04 Å². The van der Waals surface area contributed by atoms with Crippen LogP contribution >= 0.6 is 0 Å². The van der Waals surface area contributed by atoms with Crippen molar-refractivity contribution in [2.45, 2.75) is 63.6 Å². The van der Waals surface area contributed by atoms with Gasteiger partial charge in [0, 0.05) is 10.9 Å². The second kappa shape index (κ2) is 5.98. The van der Waals surface area contributed by atoms with Crippen LogP contribution in [-0.2, 0) is 10.8 Å². The van der Waals surface area contributed by atoms with Crippen LogP contribution in [0.2, 0.25) is 0 Å². The monoisotopic (exact) mass is 293 g/mol. The van der Waals surface area contributed by atoms with Gasteiger partial charge >= 0.3 is 0 Å². The third-order valence-corrected chi connectivity index (χ3v) is 6.47. The van der Waals surface area contributed by atoms with Gasteiger partial charge in [-0.25, -0.2) is 0 Å². The van der Waals surface area contributed by atoms with E-state index in [1.54, 1.807) is 0 Å². The SMILES string of the molecule is CCNC1C(S(=O)c2ccc(C)c(C)c2)CCC1(C)C. The van der Waals surface area contributed by atoms with E-state index in [0.717, 1.165) is 24.3 Å². The predicted octanol–water partition coefficient (Wildman–Crippen LogP) is 3.58. The van der Waals surface area contributed by atoms with Crippen LogP contribution in [0, 0.1) is 19.3 Å². The number of hydrogen-bond acceptors (Lipinski definition) is 2. The van der Waals surface area contributed by atoms with Gasteiger partial charge in [-0.2, -0.15) is 0 Å². The first-order valence-electron chi connectivity index (χ1n) is 7.58. The lowest BCUT2D eigenvalue weighted by Crippen LogP contribution is -2.46. The first kappa shape index (κ1) is 15.7. The number of aryl methyl sites for hydroxylation is 2. The third-order valence-electron chi connectivity index (χ3n) is 4.70. The second-order valence-electron chi connectivity index (χ2n) is 6.64. The van der Waals surface area contributed by atoms with Crippen molar-refractivity contribution >= 4 is 10.8 Å². The van der Waals surface area contributed by atoms with Crippen LogP contribution in [0.1, 0.15) is 44.7 Å². The fraction of sp³-hybridized carbons (Fsp3) is 0.647. The highest BCUT2D eigenvalue weighted by Gasteiger charge is 2.44. The fourth-order valence-corrected chi connectivity index (χ4v) is 5.10. The van der Waals surface area contributed by atoms with Crippen LogP contribution in [0.25, 0.3) is 0 Å². The van der Waals surface area contributed by atoms with Crippen molar-refractivity contribution in [3.63, 3.8) is 0 Å².